The third kappa shape index (κ3) is 2.99. The Hall–Kier alpha value is -2.77. The van der Waals surface area contributed by atoms with Gasteiger partial charge in [-0.05, 0) is 24.3 Å². The molecule has 132 valence electrons. The topological polar surface area (TPSA) is 101 Å². The molecule has 3 amide bonds. The van der Waals surface area contributed by atoms with Gasteiger partial charge in [-0.25, -0.2) is 0 Å². The first-order valence-corrected chi connectivity index (χ1v) is 8.21. The number of imide groups is 1. The predicted molar refractivity (Wildman–Crippen MR) is 88.0 cm³/mol. The molecule has 0 aliphatic carbocycles. The van der Waals surface area contributed by atoms with Crippen LogP contribution in [0.2, 0.25) is 0 Å². The van der Waals surface area contributed by atoms with Crippen molar-refractivity contribution in [1.82, 2.24) is 9.80 Å². The summed E-state index contributed by atoms with van der Waals surface area (Å²) in [6.45, 7) is 4.91. The van der Waals surface area contributed by atoms with Crippen molar-refractivity contribution in [2.24, 2.45) is 11.8 Å². The number of hydrogen-bond acceptors (Lipinski definition) is 5. The summed E-state index contributed by atoms with van der Waals surface area (Å²) < 4.78 is 0. The number of likely N-dealkylation sites (tertiary alicyclic amines) is 1. The van der Waals surface area contributed by atoms with Crippen molar-refractivity contribution in [2.75, 3.05) is 19.6 Å². The van der Waals surface area contributed by atoms with E-state index in [1.54, 1.807) is 4.90 Å². The molecule has 2 atom stereocenters. The number of rotatable bonds is 3. The van der Waals surface area contributed by atoms with Gasteiger partial charge in [0.2, 0.25) is 5.91 Å². The zero-order valence-corrected chi connectivity index (χ0v) is 14.1. The average molecular weight is 345 g/mol. The standard InChI is InChI=1S/C17H19N3O5/c1-10-6-11(2)8-18(7-10)14(21)9-19-16(22)12-4-3-5-13(20(24)25)15(12)17(19)23/h3-5,10-11H,6-9H2,1-2H3. The molecule has 2 aliphatic heterocycles. The smallest absolute Gasteiger partial charge is 0.282 e. The number of nitrogens with zero attached hydrogens (tertiary/aromatic N) is 3. The Labute approximate surface area is 144 Å². The Kier molecular flexibility index (Phi) is 4.28. The van der Waals surface area contributed by atoms with Crippen molar-refractivity contribution in [3.63, 3.8) is 0 Å². The largest absolute Gasteiger partial charge is 0.341 e. The van der Waals surface area contributed by atoms with Gasteiger partial charge in [0.15, 0.2) is 0 Å². The molecule has 3 rings (SSSR count). The first-order chi connectivity index (χ1) is 11.8. The number of fused-ring (bicyclic) bond motifs is 1. The molecule has 2 aliphatic rings. The summed E-state index contributed by atoms with van der Waals surface area (Å²) in [6.07, 6.45) is 1.03. The van der Waals surface area contributed by atoms with Crippen molar-refractivity contribution >= 4 is 23.4 Å². The zero-order chi connectivity index (χ0) is 18.3. The van der Waals surface area contributed by atoms with E-state index >= 15 is 0 Å². The van der Waals surface area contributed by atoms with Crippen molar-refractivity contribution in [3.05, 3.63) is 39.4 Å². The molecule has 8 heteroatoms. The molecular formula is C17H19N3O5. The second-order valence-corrected chi connectivity index (χ2v) is 6.90. The Balaban J connectivity index is 1.82. The van der Waals surface area contributed by atoms with E-state index in [0.29, 0.717) is 24.9 Å². The highest BCUT2D eigenvalue weighted by Crippen LogP contribution is 2.31. The Morgan fingerprint density at radius 1 is 1.20 bits per heavy atom. The molecule has 0 spiro atoms. The monoisotopic (exact) mass is 345 g/mol. The zero-order valence-electron chi connectivity index (χ0n) is 14.1. The number of hydrogen-bond donors (Lipinski definition) is 0. The van der Waals surface area contributed by atoms with E-state index in [0.717, 1.165) is 11.3 Å². The molecule has 1 aromatic carbocycles. The maximum absolute atomic E-state index is 12.6. The van der Waals surface area contributed by atoms with Gasteiger partial charge in [-0.15, -0.1) is 0 Å². The fourth-order valence-electron chi connectivity index (χ4n) is 3.71. The van der Waals surface area contributed by atoms with Gasteiger partial charge in [-0.1, -0.05) is 19.9 Å². The molecular weight excluding hydrogens is 326 g/mol. The maximum Gasteiger partial charge on any atom is 0.282 e. The second kappa shape index (κ2) is 6.27. The van der Waals surface area contributed by atoms with Gasteiger partial charge in [0.25, 0.3) is 17.5 Å². The molecule has 0 radical (unpaired) electrons. The van der Waals surface area contributed by atoms with E-state index in [9.17, 15) is 24.5 Å². The Bertz CT molecular complexity index is 766. The van der Waals surface area contributed by atoms with Gasteiger partial charge in [0, 0.05) is 19.2 Å². The molecule has 0 bridgehead atoms. The molecule has 0 aromatic heterocycles. The lowest BCUT2D eigenvalue weighted by Crippen LogP contribution is -2.48. The van der Waals surface area contributed by atoms with Gasteiger partial charge in [-0.2, -0.15) is 0 Å². The lowest BCUT2D eigenvalue weighted by Gasteiger charge is -2.35. The van der Waals surface area contributed by atoms with Crippen LogP contribution >= 0.6 is 0 Å². The summed E-state index contributed by atoms with van der Waals surface area (Å²) in [7, 11) is 0. The minimum atomic E-state index is -0.779. The molecule has 2 heterocycles. The van der Waals surface area contributed by atoms with Crippen LogP contribution in [0, 0.1) is 22.0 Å². The van der Waals surface area contributed by atoms with Gasteiger partial charge in [0.05, 0.1) is 10.5 Å². The summed E-state index contributed by atoms with van der Waals surface area (Å²) in [5, 5.41) is 11.1. The number of nitro benzene ring substituents is 1. The van der Waals surface area contributed by atoms with E-state index in [1.165, 1.54) is 18.2 Å². The van der Waals surface area contributed by atoms with E-state index in [-0.39, 0.29) is 23.6 Å². The minimum Gasteiger partial charge on any atom is -0.341 e. The SMILES string of the molecule is CC1CC(C)CN(C(=O)CN2C(=O)c3cccc([N+](=O)[O-])c3C2=O)C1. The number of carbonyl (C=O) groups excluding carboxylic acids is 3. The summed E-state index contributed by atoms with van der Waals surface area (Å²) in [5.41, 5.74) is -0.663. The number of piperidine rings is 1. The van der Waals surface area contributed by atoms with Crippen LogP contribution in [0.25, 0.3) is 0 Å². The average Bonchev–Trinajstić information content (AvgIpc) is 2.79. The molecule has 0 saturated carbocycles. The highest BCUT2D eigenvalue weighted by Gasteiger charge is 2.42. The molecule has 1 saturated heterocycles. The molecule has 2 unspecified atom stereocenters. The van der Waals surface area contributed by atoms with Gasteiger partial charge in [-0.3, -0.25) is 29.4 Å². The number of benzene rings is 1. The number of amides is 3. The summed E-state index contributed by atoms with van der Waals surface area (Å²) in [6, 6.07) is 3.92. The normalized spacial score (nSPS) is 23.0. The minimum absolute atomic E-state index is 0.0209. The van der Waals surface area contributed by atoms with Crippen LogP contribution < -0.4 is 0 Å². The number of nitro groups is 1. The fraction of sp³-hybridized carbons (Fsp3) is 0.471. The first-order valence-electron chi connectivity index (χ1n) is 8.21. The highest BCUT2D eigenvalue weighted by atomic mass is 16.6. The van der Waals surface area contributed by atoms with E-state index in [4.69, 9.17) is 0 Å². The molecule has 1 aromatic rings. The van der Waals surface area contributed by atoms with Crippen LogP contribution in [0.1, 0.15) is 41.0 Å². The summed E-state index contributed by atoms with van der Waals surface area (Å²) in [5.74, 6) is -1.03. The van der Waals surface area contributed by atoms with Crippen molar-refractivity contribution in [3.8, 4) is 0 Å². The van der Waals surface area contributed by atoms with Crippen LogP contribution in [-0.4, -0.2) is 52.1 Å². The van der Waals surface area contributed by atoms with Crippen LogP contribution in [0.5, 0.6) is 0 Å². The third-order valence-electron chi connectivity index (χ3n) is 4.69. The van der Waals surface area contributed by atoms with E-state index in [1.807, 2.05) is 0 Å². The maximum atomic E-state index is 12.6. The predicted octanol–water partition coefficient (Wildman–Crippen LogP) is 1.70. The van der Waals surface area contributed by atoms with Crippen molar-refractivity contribution in [1.29, 1.82) is 0 Å². The fourth-order valence-corrected chi connectivity index (χ4v) is 3.71. The highest BCUT2D eigenvalue weighted by molar-refractivity contribution is 6.24. The van der Waals surface area contributed by atoms with E-state index in [2.05, 4.69) is 13.8 Å². The summed E-state index contributed by atoms with van der Waals surface area (Å²) >= 11 is 0. The lowest BCUT2D eigenvalue weighted by atomic mass is 9.92. The van der Waals surface area contributed by atoms with Crippen LogP contribution in [0.15, 0.2) is 18.2 Å². The Morgan fingerprint density at radius 2 is 1.84 bits per heavy atom. The van der Waals surface area contributed by atoms with Crippen LogP contribution in [0.3, 0.4) is 0 Å². The van der Waals surface area contributed by atoms with Gasteiger partial charge < -0.3 is 4.90 Å². The third-order valence-corrected chi connectivity index (χ3v) is 4.69. The molecule has 0 N–H and O–H groups in total. The molecule has 25 heavy (non-hydrogen) atoms. The van der Waals surface area contributed by atoms with Gasteiger partial charge in [0.1, 0.15) is 12.1 Å². The van der Waals surface area contributed by atoms with Crippen LogP contribution in [-0.2, 0) is 4.79 Å². The molecule has 1 fully saturated rings. The van der Waals surface area contributed by atoms with E-state index < -0.39 is 22.4 Å². The molecule has 8 nitrogen and oxygen atoms in total. The van der Waals surface area contributed by atoms with Crippen LogP contribution in [0.4, 0.5) is 5.69 Å². The van der Waals surface area contributed by atoms with Crippen molar-refractivity contribution < 1.29 is 19.3 Å². The lowest BCUT2D eigenvalue weighted by molar-refractivity contribution is -0.385. The number of carbonyl (C=O) groups is 3. The van der Waals surface area contributed by atoms with Crippen molar-refractivity contribution in [2.45, 2.75) is 20.3 Å². The summed E-state index contributed by atoms with van der Waals surface area (Å²) in [4.78, 5) is 50.4. The quantitative estimate of drug-likeness (QED) is 0.471. The first kappa shape index (κ1) is 17.1. The second-order valence-electron chi connectivity index (χ2n) is 6.90. The van der Waals surface area contributed by atoms with Gasteiger partial charge >= 0.3 is 0 Å². The Morgan fingerprint density at radius 3 is 2.44 bits per heavy atom.